The number of hydrogen-bond acceptors (Lipinski definition) is 7. The highest BCUT2D eigenvalue weighted by atomic mass is 19.1. The minimum Gasteiger partial charge on any atom is -0.485 e. The van der Waals surface area contributed by atoms with Gasteiger partial charge in [-0.25, -0.2) is 13.8 Å². The number of amides is 1. The monoisotopic (exact) mass is 647 g/mol. The molecule has 3 fully saturated rings. The molecule has 47 heavy (non-hydrogen) atoms. The quantitative estimate of drug-likeness (QED) is 0.235. The molecular weight excluding hydrogens is 604 g/mol. The van der Waals surface area contributed by atoms with Crippen molar-refractivity contribution < 1.29 is 32.6 Å². The topological polar surface area (TPSA) is 81.2 Å². The number of carbonyl (C=O) groups is 2. The van der Waals surface area contributed by atoms with Crippen LogP contribution in [0.4, 0.5) is 14.6 Å². The van der Waals surface area contributed by atoms with Crippen molar-refractivity contribution in [3.8, 4) is 17.0 Å². The summed E-state index contributed by atoms with van der Waals surface area (Å²) in [5.41, 5.74) is 3.81. The van der Waals surface area contributed by atoms with Crippen LogP contribution in [0.5, 0.6) is 5.75 Å². The molecule has 0 N–H and O–H groups in total. The zero-order valence-corrected chi connectivity index (χ0v) is 27.2. The molecule has 0 atom stereocenters. The van der Waals surface area contributed by atoms with Gasteiger partial charge < -0.3 is 24.0 Å². The number of likely N-dealkylation sites (tertiary alicyclic amines) is 1. The molecule has 0 aliphatic carbocycles. The Kier molecular flexibility index (Phi) is 10.3. The molecule has 250 valence electrons. The number of anilines is 1. The van der Waals surface area contributed by atoms with Crippen molar-refractivity contribution in [2.45, 2.75) is 58.5 Å². The van der Waals surface area contributed by atoms with Gasteiger partial charge in [0.25, 0.3) is 0 Å². The summed E-state index contributed by atoms with van der Waals surface area (Å²) in [7, 11) is 0. The van der Waals surface area contributed by atoms with E-state index in [0.717, 1.165) is 43.1 Å². The van der Waals surface area contributed by atoms with Crippen molar-refractivity contribution in [1.29, 1.82) is 0 Å². The minimum atomic E-state index is -0.789. The Hall–Kier alpha value is -4.05. The normalized spacial score (nSPS) is 17.8. The number of hydrogen-bond donors (Lipinski definition) is 0. The predicted molar refractivity (Wildman–Crippen MR) is 174 cm³/mol. The molecule has 3 aliphatic heterocycles. The number of piperidine rings is 2. The first-order valence-corrected chi connectivity index (χ1v) is 16.7. The summed E-state index contributed by atoms with van der Waals surface area (Å²) in [5.74, 6) is -0.209. The zero-order valence-electron chi connectivity index (χ0n) is 27.2. The smallest absolute Gasteiger partial charge is 0.309 e. The van der Waals surface area contributed by atoms with E-state index in [2.05, 4.69) is 17.0 Å². The summed E-state index contributed by atoms with van der Waals surface area (Å²) in [6.07, 6.45) is 3.72. The fraction of sp³-hybridized carbons (Fsp3) is 0.486. The van der Waals surface area contributed by atoms with Gasteiger partial charge in [0, 0.05) is 50.1 Å². The van der Waals surface area contributed by atoms with E-state index in [1.807, 2.05) is 30.0 Å². The highest BCUT2D eigenvalue weighted by molar-refractivity contribution is 5.76. The average Bonchev–Trinajstić information content (AvgIpc) is 3.06. The third-order valence-electron chi connectivity index (χ3n) is 9.69. The van der Waals surface area contributed by atoms with Crippen molar-refractivity contribution in [3.63, 3.8) is 0 Å². The number of benzene rings is 2. The van der Waals surface area contributed by atoms with Crippen LogP contribution in [0, 0.1) is 30.4 Å². The van der Waals surface area contributed by atoms with Gasteiger partial charge in [-0.1, -0.05) is 24.3 Å². The summed E-state index contributed by atoms with van der Waals surface area (Å²) in [5, 5.41) is 0. The largest absolute Gasteiger partial charge is 0.485 e. The molecule has 1 aromatic heterocycles. The summed E-state index contributed by atoms with van der Waals surface area (Å²) in [6.45, 7) is 8.45. The second-order valence-electron chi connectivity index (χ2n) is 12.9. The van der Waals surface area contributed by atoms with Gasteiger partial charge in [-0.2, -0.15) is 0 Å². The van der Waals surface area contributed by atoms with E-state index in [1.54, 1.807) is 13.0 Å². The van der Waals surface area contributed by atoms with Crippen LogP contribution in [0.1, 0.15) is 61.6 Å². The number of ether oxygens (including phenoxy) is 3. The lowest BCUT2D eigenvalue weighted by atomic mass is 9.87. The fourth-order valence-corrected chi connectivity index (χ4v) is 6.78. The number of esters is 1. The van der Waals surface area contributed by atoms with Crippen LogP contribution >= 0.6 is 0 Å². The number of aryl methyl sites for hydroxylation is 1. The first-order chi connectivity index (χ1) is 22.8. The van der Waals surface area contributed by atoms with Gasteiger partial charge in [-0.3, -0.25) is 9.59 Å². The number of pyridine rings is 1. The van der Waals surface area contributed by atoms with E-state index in [1.165, 1.54) is 11.6 Å². The van der Waals surface area contributed by atoms with E-state index in [-0.39, 0.29) is 35.7 Å². The standard InChI is InChI=1S/C37H43F2N3O5/c1-3-46-37(44)27-11-13-41(14-12-27)34-6-4-5-33(40-34)31-19-30(38)20-32(39)36(31)47-23-29-8-7-28(17-24(29)2)26-9-15-42(16-10-26)35(43)18-25-21-45-22-25/h4-8,17,19-20,25-27H,3,9-16,18,21-23H2,1-2H3. The van der Waals surface area contributed by atoms with Gasteiger partial charge in [-0.05, 0) is 80.3 Å². The summed E-state index contributed by atoms with van der Waals surface area (Å²) in [6, 6.07) is 13.7. The van der Waals surface area contributed by atoms with Crippen LogP contribution in [0.2, 0.25) is 0 Å². The molecular formula is C37H43F2N3O5. The van der Waals surface area contributed by atoms with Crippen LogP contribution < -0.4 is 9.64 Å². The van der Waals surface area contributed by atoms with Crippen molar-refractivity contribution in [1.82, 2.24) is 9.88 Å². The molecule has 6 rings (SSSR count). The van der Waals surface area contributed by atoms with Gasteiger partial charge in [0.2, 0.25) is 5.91 Å². The second kappa shape index (κ2) is 14.8. The molecule has 0 spiro atoms. The van der Waals surface area contributed by atoms with E-state index < -0.39 is 11.6 Å². The molecule has 0 radical (unpaired) electrons. The third-order valence-corrected chi connectivity index (χ3v) is 9.69. The van der Waals surface area contributed by atoms with E-state index in [4.69, 9.17) is 19.2 Å². The van der Waals surface area contributed by atoms with Gasteiger partial charge in [0.05, 0.1) is 31.4 Å². The van der Waals surface area contributed by atoms with Crippen molar-refractivity contribution >= 4 is 17.7 Å². The number of halogens is 2. The maximum Gasteiger partial charge on any atom is 0.309 e. The van der Waals surface area contributed by atoms with E-state index in [0.29, 0.717) is 75.5 Å². The second-order valence-corrected chi connectivity index (χ2v) is 12.9. The van der Waals surface area contributed by atoms with Crippen LogP contribution in [-0.2, 0) is 25.7 Å². The maximum atomic E-state index is 15.2. The van der Waals surface area contributed by atoms with Crippen molar-refractivity contribution in [2.75, 3.05) is 50.9 Å². The third kappa shape index (κ3) is 7.75. The molecule has 8 nitrogen and oxygen atoms in total. The summed E-state index contributed by atoms with van der Waals surface area (Å²) < 4.78 is 46.2. The Balaban J connectivity index is 1.10. The van der Waals surface area contributed by atoms with E-state index >= 15 is 4.39 Å². The van der Waals surface area contributed by atoms with Crippen molar-refractivity contribution in [3.05, 3.63) is 76.9 Å². The van der Waals surface area contributed by atoms with E-state index in [9.17, 15) is 14.0 Å². The number of nitrogens with zero attached hydrogens (tertiary/aromatic N) is 3. The van der Waals surface area contributed by atoms with Crippen LogP contribution in [0.15, 0.2) is 48.5 Å². The predicted octanol–water partition coefficient (Wildman–Crippen LogP) is 6.44. The highest BCUT2D eigenvalue weighted by Gasteiger charge is 2.29. The summed E-state index contributed by atoms with van der Waals surface area (Å²) >= 11 is 0. The van der Waals surface area contributed by atoms with Gasteiger partial charge in [0.1, 0.15) is 18.2 Å². The van der Waals surface area contributed by atoms with Crippen molar-refractivity contribution in [2.24, 2.45) is 11.8 Å². The number of aromatic nitrogens is 1. The Bertz CT molecular complexity index is 1580. The van der Waals surface area contributed by atoms with Gasteiger partial charge in [-0.15, -0.1) is 0 Å². The first kappa shape index (κ1) is 32.9. The number of rotatable bonds is 10. The Labute approximate surface area is 275 Å². The molecule has 0 unspecified atom stereocenters. The lowest BCUT2D eigenvalue weighted by Crippen LogP contribution is -2.41. The zero-order chi connectivity index (χ0) is 32.9. The Morgan fingerprint density at radius 3 is 2.43 bits per heavy atom. The molecule has 0 bridgehead atoms. The average molecular weight is 648 g/mol. The molecule has 4 heterocycles. The molecule has 3 aromatic rings. The molecule has 2 aromatic carbocycles. The molecule has 10 heteroatoms. The van der Waals surface area contributed by atoms with Gasteiger partial charge in [0.15, 0.2) is 11.6 Å². The first-order valence-electron chi connectivity index (χ1n) is 16.7. The molecule has 1 amide bonds. The molecule has 0 saturated carbocycles. The Morgan fingerprint density at radius 2 is 1.74 bits per heavy atom. The lowest BCUT2D eigenvalue weighted by molar-refractivity contribution is -0.148. The van der Waals surface area contributed by atoms with Gasteiger partial charge >= 0.3 is 5.97 Å². The molecule has 3 aliphatic rings. The Morgan fingerprint density at radius 1 is 0.979 bits per heavy atom. The fourth-order valence-electron chi connectivity index (χ4n) is 6.78. The lowest BCUT2D eigenvalue weighted by Gasteiger charge is -2.34. The molecule has 3 saturated heterocycles. The minimum absolute atomic E-state index is 0.0500. The number of carbonyl (C=O) groups excluding carboxylic acids is 2. The highest BCUT2D eigenvalue weighted by Crippen LogP contribution is 2.36. The summed E-state index contributed by atoms with van der Waals surface area (Å²) in [4.78, 5) is 33.6. The van der Waals surface area contributed by atoms with Crippen LogP contribution in [0.25, 0.3) is 11.3 Å². The van der Waals surface area contributed by atoms with Crippen LogP contribution in [-0.4, -0.2) is 67.8 Å². The maximum absolute atomic E-state index is 15.2. The SMILES string of the molecule is CCOC(=O)C1CCN(c2cccc(-c3cc(F)cc(F)c3OCc3ccc(C4CCN(C(=O)CC5COC5)CC4)cc3C)n2)CC1. The van der Waals surface area contributed by atoms with Crippen LogP contribution in [0.3, 0.4) is 0 Å².